The number of aliphatic hydroxyl groups excluding tert-OH is 2. The number of benzene rings is 4. The second kappa shape index (κ2) is 16.0. The van der Waals surface area contributed by atoms with E-state index in [2.05, 4.69) is 12.2 Å². The highest BCUT2D eigenvalue weighted by atomic mass is 35.6. The summed E-state index contributed by atoms with van der Waals surface area (Å²) < 4.78 is 11.2. The van der Waals surface area contributed by atoms with Crippen molar-refractivity contribution in [3.63, 3.8) is 0 Å². The number of amides is 1. The van der Waals surface area contributed by atoms with Gasteiger partial charge in [-0.1, -0.05) is 121 Å². The van der Waals surface area contributed by atoms with Gasteiger partial charge in [-0.2, -0.15) is 0 Å². The summed E-state index contributed by atoms with van der Waals surface area (Å²) >= 11 is 17.0. The highest BCUT2D eigenvalue weighted by Crippen LogP contribution is 2.42. The molecule has 254 valence electrons. The van der Waals surface area contributed by atoms with Gasteiger partial charge in [-0.25, -0.2) is 0 Å². The lowest BCUT2D eigenvalue weighted by Gasteiger charge is -2.42. The standard InChI is InChI=1S/C37H39Cl3N2O6/c1-23-33(21-42(2)20-32(45)30-7-4-8-31(44)18-30)47-35(48-34(23)27-11-9-24(22-43)10-12-27)28-15-13-26(14-16-28)29-6-3-5-25(17-29)19-41-36(46)37(38,39)40/h3-18,23,32-35,43-45H,19-22H2,1-2H3,(H,41,46)/t23-,32+,33+,34+,35+/m0/s1. The van der Waals surface area contributed by atoms with E-state index in [-0.39, 0.29) is 37.0 Å². The van der Waals surface area contributed by atoms with Crippen LogP contribution in [-0.4, -0.2) is 56.2 Å². The molecule has 4 aromatic rings. The molecule has 5 atom stereocenters. The van der Waals surface area contributed by atoms with Crippen LogP contribution >= 0.6 is 34.8 Å². The van der Waals surface area contributed by atoms with E-state index in [9.17, 15) is 20.1 Å². The first-order valence-electron chi connectivity index (χ1n) is 15.6. The Morgan fingerprint density at radius 3 is 2.25 bits per heavy atom. The predicted octanol–water partition coefficient (Wildman–Crippen LogP) is 6.99. The summed E-state index contributed by atoms with van der Waals surface area (Å²) in [6, 6.07) is 30.1. The van der Waals surface area contributed by atoms with Gasteiger partial charge < -0.3 is 35.0 Å². The van der Waals surface area contributed by atoms with Gasteiger partial charge in [0.2, 0.25) is 0 Å². The predicted molar refractivity (Wildman–Crippen MR) is 188 cm³/mol. The molecule has 0 aromatic heterocycles. The molecule has 1 fully saturated rings. The number of phenols is 1. The van der Waals surface area contributed by atoms with Gasteiger partial charge in [0.15, 0.2) is 6.29 Å². The maximum Gasteiger partial charge on any atom is 0.272 e. The molecule has 8 nitrogen and oxygen atoms in total. The summed E-state index contributed by atoms with van der Waals surface area (Å²) in [5.41, 5.74) is 6.05. The summed E-state index contributed by atoms with van der Waals surface area (Å²) in [6.07, 6.45) is -1.97. The van der Waals surface area contributed by atoms with Crippen molar-refractivity contribution in [3.05, 3.63) is 125 Å². The number of aromatic hydroxyl groups is 1. The molecule has 4 N–H and O–H groups in total. The number of phenolic OH excluding ortho intramolecular Hbond substituents is 1. The smallest absolute Gasteiger partial charge is 0.272 e. The average Bonchev–Trinajstić information content (AvgIpc) is 3.08. The van der Waals surface area contributed by atoms with Crippen molar-refractivity contribution in [3.8, 4) is 16.9 Å². The van der Waals surface area contributed by atoms with Gasteiger partial charge in [-0.3, -0.25) is 4.79 Å². The topological polar surface area (TPSA) is 111 Å². The number of hydrogen-bond acceptors (Lipinski definition) is 7. The van der Waals surface area contributed by atoms with Crippen LogP contribution in [0.5, 0.6) is 5.75 Å². The van der Waals surface area contributed by atoms with Crippen LogP contribution in [0, 0.1) is 5.92 Å². The second-order valence-electron chi connectivity index (χ2n) is 12.2. The van der Waals surface area contributed by atoms with Crippen molar-refractivity contribution in [1.82, 2.24) is 10.2 Å². The van der Waals surface area contributed by atoms with Crippen molar-refractivity contribution >= 4 is 40.7 Å². The third-order valence-corrected chi connectivity index (χ3v) is 9.02. The Morgan fingerprint density at radius 2 is 1.58 bits per heavy atom. The van der Waals surface area contributed by atoms with Crippen molar-refractivity contribution in [2.75, 3.05) is 20.1 Å². The number of carbonyl (C=O) groups excluding carboxylic acids is 1. The van der Waals surface area contributed by atoms with Crippen LogP contribution in [-0.2, 0) is 27.4 Å². The molecular weight excluding hydrogens is 675 g/mol. The molecule has 5 rings (SSSR count). The third kappa shape index (κ3) is 9.28. The monoisotopic (exact) mass is 712 g/mol. The molecule has 0 unspecified atom stereocenters. The maximum atomic E-state index is 12.0. The van der Waals surface area contributed by atoms with Gasteiger partial charge in [-0.15, -0.1) is 0 Å². The number of ether oxygens (including phenoxy) is 2. The van der Waals surface area contributed by atoms with E-state index in [4.69, 9.17) is 44.3 Å². The number of aliphatic hydroxyl groups is 2. The van der Waals surface area contributed by atoms with Gasteiger partial charge >= 0.3 is 0 Å². The molecular formula is C37H39Cl3N2O6. The third-order valence-electron chi connectivity index (χ3n) is 8.51. The summed E-state index contributed by atoms with van der Waals surface area (Å²) in [5, 5.41) is 32.9. The molecule has 1 aliphatic heterocycles. The summed E-state index contributed by atoms with van der Waals surface area (Å²) in [6.45, 7) is 3.14. The molecule has 0 saturated carbocycles. The SMILES string of the molecule is C[C@H]1[C@@H](CN(C)C[C@@H](O)c2cccc(O)c2)O[C@@H](c2ccc(-c3cccc(CNC(=O)C(Cl)(Cl)Cl)c3)cc2)O[C@H]1c1ccc(CO)cc1. The molecule has 1 amide bonds. The first-order chi connectivity index (χ1) is 22.9. The Hall–Kier alpha value is -3.18. The minimum absolute atomic E-state index is 0.0364. The van der Waals surface area contributed by atoms with E-state index < -0.39 is 22.1 Å². The van der Waals surface area contributed by atoms with Crippen LogP contribution in [0.25, 0.3) is 11.1 Å². The first-order valence-corrected chi connectivity index (χ1v) is 16.7. The van der Waals surface area contributed by atoms with E-state index >= 15 is 0 Å². The fourth-order valence-corrected chi connectivity index (χ4v) is 6.02. The molecule has 11 heteroatoms. The number of likely N-dealkylation sites (N-methyl/N-ethyl adjacent to an activating group) is 1. The van der Waals surface area contributed by atoms with Crippen molar-refractivity contribution in [2.24, 2.45) is 5.92 Å². The highest BCUT2D eigenvalue weighted by molar-refractivity contribution is 6.76. The van der Waals surface area contributed by atoms with Gasteiger partial charge in [0.25, 0.3) is 9.70 Å². The maximum absolute atomic E-state index is 12.0. The Balaban J connectivity index is 1.33. The molecule has 4 aromatic carbocycles. The minimum Gasteiger partial charge on any atom is -0.508 e. The number of hydrogen-bond donors (Lipinski definition) is 4. The lowest BCUT2D eigenvalue weighted by Crippen LogP contribution is -2.44. The van der Waals surface area contributed by atoms with Crippen LogP contribution < -0.4 is 5.32 Å². The van der Waals surface area contributed by atoms with Gasteiger partial charge in [0.1, 0.15) is 5.75 Å². The van der Waals surface area contributed by atoms with Crippen LogP contribution in [0.4, 0.5) is 0 Å². The Kier molecular flexibility index (Phi) is 12.1. The van der Waals surface area contributed by atoms with Gasteiger partial charge in [0, 0.05) is 31.1 Å². The Labute approximate surface area is 295 Å². The first kappa shape index (κ1) is 36.1. The lowest BCUT2D eigenvalue weighted by molar-refractivity contribution is -0.276. The average molecular weight is 714 g/mol. The zero-order valence-electron chi connectivity index (χ0n) is 26.6. The molecule has 1 saturated heterocycles. The van der Waals surface area contributed by atoms with E-state index in [1.807, 2.05) is 84.7 Å². The van der Waals surface area contributed by atoms with Crippen molar-refractivity contribution in [1.29, 1.82) is 0 Å². The van der Waals surface area contributed by atoms with E-state index in [1.165, 1.54) is 0 Å². The summed E-state index contributed by atoms with van der Waals surface area (Å²) in [4.78, 5) is 14.0. The molecule has 0 aliphatic carbocycles. The Morgan fingerprint density at radius 1 is 0.896 bits per heavy atom. The number of nitrogens with zero attached hydrogens (tertiary/aromatic N) is 1. The summed E-state index contributed by atoms with van der Waals surface area (Å²) in [5.74, 6) is -0.618. The molecule has 1 heterocycles. The molecule has 0 bridgehead atoms. The number of rotatable bonds is 11. The van der Waals surface area contributed by atoms with Gasteiger partial charge in [-0.05, 0) is 58.6 Å². The summed E-state index contributed by atoms with van der Waals surface area (Å²) in [7, 11) is 1.93. The number of nitrogens with one attached hydrogen (secondary N) is 1. The lowest BCUT2D eigenvalue weighted by atomic mass is 9.90. The van der Waals surface area contributed by atoms with Crippen LogP contribution in [0.3, 0.4) is 0 Å². The van der Waals surface area contributed by atoms with Crippen LogP contribution in [0.1, 0.15) is 53.2 Å². The van der Waals surface area contributed by atoms with E-state index in [0.29, 0.717) is 18.7 Å². The fraction of sp³-hybridized carbons (Fsp3) is 0.324. The molecule has 0 radical (unpaired) electrons. The molecule has 48 heavy (non-hydrogen) atoms. The van der Waals surface area contributed by atoms with E-state index in [0.717, 1.165) is 33.4 Å². The van der Waals surface area contributed by atoms with E-state index in [1.54, 1.807) is 24.3 Å². The minimum atomic E-state index is -2.03. The normalized spacial score (nSPS) is 20.4. The van der Waals surface area contributed by atoms with Gasteiger partial charge in [0.05, 0.1) is 24.9 Å². The highest BCUT2D eigenvalue weighted by Gasteiger charge is 2.39. The zero-order valence-corrected chi connectivity index (χ0v) is 28.9. The Bertz CT molecular complexity index is 1670. The zero-order chi connectivity index (χ0) is 34.4. The molecule has 1 aliphatic rings. The van der Waals surface area contributed by atoms with Crippen LogP contribution in [0.2, 0.25) is 0 Å². The number of carbonyl (C=O) groups is 1. The number of halogens is 3. The molecule has 0 spiro atoms. The largest absolute Gasteiger partial charge is 0.508 e. The number of alkyl halides is 3. The second-order valence-corrected chi connectivity index (χ2v) is 14.4. The fourth-order valence-electron chi connectivity index (χ4n) is 5.82. The van der Waals surface area contributed by atoms with Crippen molar-refractivity contribution in [2.45, 2.75) is 48.5 Å². The van der Waals surface area contributed by atoms with Crippen molar-refractivity contribution < 1.29 is 29.6 Å². The quantitative estimate of drug-likeness (QED) is 0.124. The van der Waals surface area contributed by atoms with Crippen LogP contribution in [0.15, 0.2) is 97.1 Å².